The molecule has 2 heterocycles. The van der Waals surface area contributed by atoms with Gasteiger partial charge in [0.15, 0.2) is 0 Å². The van der Waals surface area contributed by atoms with Gasteiger partial charge in [0.2, 0.25) is 11.8 Å². The average Bonchev–Trinajstić information content (AvgIpc) is 3.25. The molecule has 128 valence electrons. The molecule has 24 heavy (non-hydrogen) atoms. The molecule has 1 N–H and O–H groups in total. The topological polar surface area (TPSA) is 77.2 Å². The van der Waals surface area contributed by atoms with Crippen LogP contribution < -0.4 is 5.32 Å². The number of benzene rings is 1. The highest BCUT2D eigenvalue weighted by Crippen LogP contribution is 2.23. The fourth-order valence-electron chi connectivity index (χ4n) is 2.50. The zero-order valence-electron chi connectivity index (χ0n) is 13.6. The van der Waals surface area contributed by atoms with Gasteiger partial charge in [-0.1, -0.05) is 42.1 Å². The van der Waals surface area contributed by atoms with Crippen molar-refractivity contribution in [2.45, 2.75) is 42.8 Å². The van der Waals surface area contributed by atoms with Gasteiger partial charge in [-0.3, -0.25) is 4.79 Å². The fourth-order valence-corrected chi connectivity index (χ4v) is 3.22. The number of hydrogen-bond acceptors (Lipinski definition) is 6. The first-order valence-electron chi connectivity index (χ1n) is 8.13. The van der Waals surface area contributed by atoms with Crippen molar-refractivity contribution in [3.63, 3.8) is 0 Å². The molecule has 7 heteroatoms. The molecule has 0 radical (unpaired) electrons. The highest BCUT2D eigenvalue weighted by molar-refractivity contribution is 8.00. The summed E-state index contributed by atoms with van der Waals surface area (Å²) < 4.78 is 11.1. The second-order valence-corrected chi connectivity index (χ2v) is 7.06. The summed E-state index contributed by atoms with van der Waals surface area (Å²) >= 11 is 1.27. The number of nitrogens with one attached hydrogen (secondary N) is 1. The van der Waals surface area contributed by atoms with Crippen LogP contribution in [-0.4, -0.2) is 40.6 Å². The summed E-state index contributed by atoms with van der Waals surface area (Å²) in [6, 6.07) is 9.94. The standard InChI is InChI=1S/C17H21N3O3S/c1-12(16(21)18-11-14-8-5-9-22-14)24-17-20-19-15(23-17)10-13-6-3-2-4-7-13/h2-4,6-7,12,14H,5,8-11H2,1H3,(H,18,21)/t12-,14+/m1/s1. The van der Waals surface area contributed by atoms with E-state index in [9.17, 15) is 4.79 Å². The summed E-state index contributed by atoms with van der Waals surface area (Å²) in [5, 5.41) is 11.1. The molecule has 3 rings (SSSR count). The van der Waals surface area contributed by atoms with E-state index in [1.807, 2.05) is 37.3 Å². The van der Waals surface area contributed by atoms with E-state index in [2.05, 4.69) is 15.5 Å². The van der Waals surface area contributed by atoms with Crippen LogP contribution in [-0.2, 0) is 16.0 Å². The van der Waals surface area contributed by atoms with Gasteiger partial charge in [-0.15, -0.1) is 10.2 Å². The van der Waals surface area contributed by atoms with Crippen LogP contribution in [0, 0.1) is 0 Å². The predicted molar refractivity (Wildman–Crippen MR) is 90.8 cm³/mol. The molecule has 0 saturated carbocycles. The summed E-state index contributed by atoms with van der Waals surface area (Å²) in [7, 11) is 0. The highest BCUT2D eigenvalue weighted by Gasteiger charge is 2.21. The van der Waals surface area contributed by atoms with Crippen molar-refractivity contribution in [1.82, 2.24) is 15.5 Å². The van der Waals surface area contributed by atoms with Gasteiger partial charge in [0.05, 0.1) is 17.8 Å². The fraction of sp³-hybridized carbons (Fsp3) is 0.471. The van der Waals surface area contributed by atoms with Crippen molar-refractivity contribution >= 4 is 17.7 Å². The maximum Gasteiger partial charge on any atom is 0.277 e. The molecule has 1 aliphatic heterocycles. The SMILES string of the molecule is C[C@@H](Sc1nnc(Cc2ccccc2)o1)C(=O)NC[C@@H]1CCCO1. The Morgan fingerprint density at radius 1 is 1.38 bits per heavy atom. The lowest BCUT2D eigenvalue weighted by molar-refractivity contribution is -0.120. The van der Waals surface area contributed by atoms with Crippen LogP contribution in [0.25, 0.3) is 0 Å². The molecule has 0 spiro atoms. The molecule has 2 aromatic rings. The summed E-state index contributed by atoms with van der Waals surface area (Å²) in [4.78, 5) is 12.1. The van der Waals surface area contributed by atoms with Crippen molar-refractivity contribution < 1.29 is 13.9 Å². The number of nitrogens with zero attached hydrogens (tertiary/aromatic N) is 2. The van der Waals surface area contributed by atoms with Crippen molar-refractivity contribution in [3.05, 3.63) is 41.8 Å². The second kappa shape index (κ2) is 8.30. The minimum absolute atomic E-state index is 0.0432. The van der Waals surface area contributed by atoms with E-state index in [-0.39, 0.29) is 17.3 Å². The van der Waals surface area contributed by atoms with Crippen LogP contribution in [0.5, 0.6) is 0 Å². The maximum atomic E-state index is 12.1. The van der Waals surface area contributed by atoms with Gasteiger partial charge < -0.3 is 14.5 Å². The number of carbonyl (C=O) groups is 1. The third kappa shape index (κ3) is 4.82. The van der Waals surface area contributed by atoms with Crippen molar-refractivity contribution in [2.75, 3.05) is 13.2 Å². The van der Waals surface area contributed by atoms with Gasteiger partial charge in [0.25, 0.3) is 5.22 Å². The number of thioether (sulfide) groups is 1. The van der Waals surface area contributed by atoms with Crippen LogP contribution in [0.2, 0.25) is 0 Å². The van der Waals surface area contributed by atoms with Crippen LogP contribution >= 0.6 is 11.8 Å². The maximum absolute atomic E-state index is 12.1. The molecule has 0 bridgehead atoms. The highest BCUT2D eigenvalue weighted by atomic mass is 32.2. The number of rotatable bonds is 7. The van der Waals surface area contributed by atoms with E-state index >= 15 is 0 Å². The van der Waals surface area contributed by atoms with Crippen molar-refractivity contribution in [3.8, 4) is 0 Å². The van der Waals surface area contributed by atoms with E-state index in [4.69, 9.17) is 9.15 Å². The summed E-state index contributed by atoms with van der Waals surface area (Å²) in [5.74, 6) is 0.508. The molecule has 1 saturated heterocycles. The van der Waals surface area contributed by atoms with Gasteiger partial charge in [-0.2, -0.15) is 0 Å². The smallest absolute Gasteiger partial charge is 0.277 e. The van der Waals surface area contributed by atoms with E-state index in [1.165, 1.54) is 11.8 Å². The van der Waals surface area contributed by atoms with Crippen LogP contribution in [0.15, 0.2) is 40.0 Å². The first-order valence-corrected chi connectivity index (χ1v) is 9.01. The minimum atomic E-state index is -0.295. The predicted octanol–water partition coefficient (Wildman–Crippen LogP) is 2.44. The first kappa shape index (κ1) is 17.0. The molecule has 6 nitrogen and oxygen atoms in total. The van der Waals surface area contributed by atoms with Gasteiger partial charge in [0, 0.05) is 13.2 Å². The quantitative estimate of drug-likeness (QED) is 0.775. The molecule has 2 atom stereocenters. The monoisotopic (exact) mass is 347 g/mol. The van der Waals surface area contributed by atoms with Gasteiger partial charge in [-0.25, -0.2) is 0 Å². The normalized spacial score (nSPS) is 18.5. The Hall–Kier alpha value is -1.86. The van der Waals surface area contributed by atoms with Crippen molar-refractivity contribution in [2.24, 2.45) is 0 Å². The molecular weight excluding hydrogens is 326 g/mol. The van der Waals surface area contributed by atoms with E-state index in [0.717, 1.165) is 25.0 Å². The van der Waals surface area contributed by atoms with Crippen LogP contribution in [0.4, 0.5) is 0 Å². The zero-order valence-corrected chi connectivity index (χ0v) is 14.4. The number of aromatic nitrogens is 2. The van der Waals surface area contributed by atoms with Gasteiger partial charge in [0.1, 0.15) is 0 Å². The van der Waals surface area contributed by atoms with Crippen molar-refractivity contribution in [1.29, 1.82) is 0 Å². The summed E-state index contributed by atoms with van der Waals surface area (Å²) in [6.07, 6.45) is 2.81. The lowest BCUT2D eigenvalue weighted by atomic mass is 10.2. The molecule has 0 unspecified atom stereocenters. The Morgan fingerprint density at radius 3 is 2.96 bits per heavy atom. The molecule has 1 fully saturated rings. The molecule has 1 aromatic heterocycles. The number of ether oxygens (including phenoxy) is 1. The Morgan fingerprint density at radius 2 is 2.21 bits per heavy atom. The Balaban J connectivity index is 1.47. The Kier molecular flexibility index (Phi) is 5.87. The molecule has 1 aromatic carbocycles. The lowest BCUT2D eigenvalue weighted by Crippen LogP contribution is -2.36. The number of carbonyl (C=O) groups excluding carboxylic acids is 1. The summed E-state index contributed by atoms with van der Waals surface area (Å²) in [5.41, 5.74) is 1.11. The summed E-state index contributed by atoms with van der Waals surface area (Å²) in [6.45, 7) is 3.18. The third-order valence-corrected chi connectivity index (χ3v) is 4.76. The number of hydrogen-bond donors (Lipinski definition) is 1. The van der Waals surface area contributed by atoms with Gasteiger partial charge >= 0.3 is 0 Å². The molecular formula is C17H21N3O3S. The second-order valence-electron chi connectivity index (χ2n) is 5.76. The van der Waals surface area contributed by atoms with Gasteiger partial charge in [-0.05, 0) is 25.3 Å². The first-order chi connectivity index (χ1) is 11.7. The lowest BCUT2D eigenvalue weighted by Gasteiger charge is -2.13. The van der Waals surface area contributed by atoms with E-state index < -0.39 is 0 Å². The van der Waals surface area contributed by atoms with Crippen LogP contribution in [0.1, 0.15) is 31.2 Å². The van der Waals surface area contributed by atoms with E-state index in [1.54, 1.807) is 0 Å². The molecule has 1 aliphatic rings. The van der Waals surface area contributed by atoms with Crippen LogP contribution in [0.3, 0.4) is 0 Å². The minimum Gasteiger partial charge on any atom is -0.416 e. The third-order valence-electron chi connectivity index (χ3n) is 3.82. The Bertz CT molecular complexity index is 656. The largest absolute Gasteiger partial charge is 0.416 e. The number of amides is 1. The molecule has 0 aliphatic carbocycles. The average molecular weight is 347 g/mol. The zero-order chi connectivity index (χ0) is 16.8. The Labute approximate surface area is 145 Å². The van der Waals surface area contributed by atoms with E-state index in [0.29, 0.717) is 24.1 Å². The molecule has 1 amide bonds.